The van der Waals surface area contributed by atoms with E-state index in [-0.39, 0.29) is 6.04 Å². The van der Waals surface area contributed by atoms with Gasteiger partial charge < -0.3 is 9.88 Å². The van der Waals surface area contributed by atoms with Gasteiger partial charge in [0.2, 0.25) is 0 Å². The number of imidazole rings is 1. The molecule has 0 aromatic carbocycles. The Morgan fingerprint density at radius 1 is 1.30 bits per heavy atom. The van der Waals surface area contributed by atoms with Crippen LogP contribution in [0.4, 0.5) is 0 Å². The first-order valence-electron chi connectivity index (χ1n) is 7.22. The highest BCUT2D eigenvalue weighted by Crippen LogP contribution is 2.17. The molecule has 0 bridgehead atoms. The van der Waals surface area contributed by atoms with E-state index in [0.717, 1.165) is 31.0 Å². The number of rotatable bonds is 7. The molecule has 2 aromatic heterocycles. The summed E-state index contributed by atoms with van der Waals surface area (Å²) in [6.07, 6.45) is 7.33. The van der Waals surface area contributed by atoms with E-state index in [1.807, 2.05) is 24.1 Å². The fraction of sp³-hybridized carbons (Fsp3) is 0.643. The van der Waals surface area contributed by atoms with Gasteiger partial charge in [-0.1, -0.05) is 6.92 Å². The summed E-state index contributed by atoms with van der Waals surface area (Å²) in [5.41, 5.74) is 0. The molecule has 0 amide bonds. The van der Waals surface area contributed by atoms with Gasteiger partial charge in [-0.3, -0.25) is 0 Å². The average Bonchev–Trinajstić information content (AvgIpc) is 3.03. The molecule has 2 aromatic rings. The van der Waals surface area contributed by atoms with Gasteiger partial charge in [0.15, 0.2) is 0 Å². The lowest BCUT2D eigenvalue weighted by Gasteiger charge is -2.19. The Hall–Kier alpha value is -1.69. The van der Waals surface area contributed by atoms with Gasteiger partial charge in [0, 0.05) is 31.9 Å². The minimum Gasteiger partial charge on any atom is -0.337 e. The standard InChI is InChI=1S/C14H24N6/c1-5-6-15-12(14-16-7-8-19(14)4)9-13-17-10-18-20(13)11(2)3/h7-8,10-12,15H,5-6,9H2,1-4H3. The largest absolute Gasteiger partial charge is 0.337 e. The predicted molar refractivity (Wildman–Crippen MR) is 78.4 cm³/mol. The highest BCUT2D eigenvalue weighted by molar-refractivity contribution is 5.03. The van der Waals surface area contributed by atoms with Crippen molar-refractivity contribution in [2.45, 2.75) is 45.7 Å². The van der Waals surface area contributed by atoms with Crippen molar-refractivity contribution in [3.8, 4) is 0 Å². The number of aryl methyl sites for hydroxylation is 1. The highest BCUT2D eigenvalue weighted by Gasteiger charge is 2.19. The van der Waals surface area contributed by atoms with E-state index in [9.17, 15) is 0 Å². The first kappa shape index (κ1) is 14.7. The fourth-order valence-electron chi connectivity index (χ4n) is 2.32. The van der Waals surface area contributed by atoms with Gasteiger partial charge in [-0.05, 0) is 26.8 Å². The smallest absolute Gasteiger partial charge is 0.138 e. The molecule has 0 fully saturated rings. The second-order valence-electron chi connectivity index (χ2n) is 5.32. The first-order chi connectivity index (χ1) is 9.63. The van der Waals surface area contributed by atoms with Crippen LogP contribution in [-0.4, -0.2) is 30.9 Å². The zero-order valence-corrected chi connectivity index (χ0v) is 12.7. The maximum Gasteiger partial charge on any atom is 0.138 e. The van der Waals surface area contributed by atoms with Gasteiger partial charge in [0.25, 0.3) is 0 Å². The van der Waals surface area contributed by atoms with Gasteiger partial charge in [0.1, 0.15) is 18.0 Å². The molecule has 1 N–H and O–H groups in total. The molecule has 0 radical (unpaired) electrons. The molecular formula is C14H24N6. The highest BCUT2D eigenvalue weighted by atomic mass is 15.3. The van der Waals surface area contributed by atoms with Crippen LogP contribution in [0.3, 0.4) is 0 Å². The van der Waals surface area contributed by atoms with E-state index in [0.29, 0.717) is 6.04 Å². The summed E-state index contributed by atoms with van der Waals surface area (Å²) in [5, 5.41) is 7.86. The third-order valence-electron chi connectivity index (χ3n) is 3.33. The van der Waals surface area contributed by atoms with Crippen LogP contribution in [0.2, 0.25) is 0 Å². The Morgan fingerprint density at radius 2 is 2.10 bits per heavy atom. The van der Waals surface area contributed by atoms with Crippen LogP contribution < -0.4 is 5.32 Å². The van der Waals surface area contributed by atoms with Crippen LogP contribution in [0.1, 0.15) is 50.9 Å². The molecule has 0 saturated heterocycles. The molecule has 110 valence electrons. The summed E-state index contributed by atoms with van der Waals surface area (Å²) in [5.74, 6) is 2.04. The predicted octanol–water partition coefficient (Wildman–Crippen LogP) is 1.88. The molecule has 0 aliphatic rings. The van der Waals surface area contributed by atoms with E-state index in [1.54, 1.807) is 6.33 Å². The quantitative estimate of drug-likeness (QED) is 0.838. The molecule has 0 aliphatic heterocycles. The van der Waals surface area contributed by atoms with Crippen LogP contribution in [0.15, 0.2) is 18.7 Å². The van der Waals surface area contributed by atoms with Gasteiger partial charge >= 0.3 is 0 Å². The van der Waals surface area contributed by atoms with E-state index >= 15 is 0 Å². The summed E-state index contributed by atoms with van der Waals surface area (Å²) < 4.78 is 4.03. The van der Waals surface area contributed by atoms with Crippen molar-refractivity contribution in [1.29, 1.82) is 0 Å². The second kappa shape index (κ2) is 6.65. The monoisotopic (exact) mass is 276 g/mol. The maximum absolute atomic E-state index is 4.47. The molecule has 1 atom stereocenters. The van der Waals surface area contributed by atoms with Gasteiger partial charge in [-0.25, -0.2) is 14.6 Å². The Morgan fingerprint density at radius 3 is 2.70 bits per heavy atom. The fourth-order valence-corrected chi connectivity index (χ4v) is 2.32. The topological polar surface area (TPSA) is 60.6 Å². The molecular weight excluding hydrogens is 252 g/mol. The summed E-state index contributed by atoms with van der Waals surface area (Å²) in [6.45, 7) is 7.37. The minimum absolute atomic E-state index is 0.164. The molecule has 2 heterocycles. The van der Waals surface area contributed by atoms with Crippen molar-refractivity contribution in [3.63, 3.8) is 0 Å². The van der Waals surface area contributed by atoms with E-state index in [1.165, 1.54) is 0 Å². The number of nitrogens with one attached hydrogen (secondary N) is 1. The average molecular weight is 276 g/mol. The molecule has 2 rings (SSSR count). The molecule has 6 heteroatoms. The molecule has 1 unspecified atom stereocenters. The van der Waals surface area contributed by atoms with Crippen molar-refractivity contribution in [3.05, 3.63) is 30.4 Å². The number of hydrogen-bond acceptors (Lipinski definition) is 4. The summed E-state index contributed by atoms with van der Waals surface area (Å²) >= 11 is 0. The molecule has 0 saturated carbocycles. The Balaban J connectivity index is 2.19. The first-order valence-corrected chi connectivity index (χ1v) is 7.22. The van der Waals surface area contributed by atoms with E-state index < -0.39 is 0 Å². The van der Waals surface area contributed by atoms with E-state index in [2.05, 4.69) is 45.7 Å². The van der Waals surface area contributed by atoms with Crippen LogP contribution in [0.5, 0.6) is 0 Å². The SMILES string of the molecule is CCCNC(Cc1ncnn1C(C)C)c1nccn1C. The van der Waals surface area contributed by atoms with Crippen LogP contribution in [0.25, 0.3) is 0 Å². The van der Waals surface area contributed by atoms with E-state index in [4.69, 9.17) is 0 Å². The lowest BCUT2D eigenvalue weighted by atomic mass is 10.1. The second-order valence-corrected chi connectivity index (χ2v) is 5.32. The zero-order chi connectivity index (χ0) is 14.5. The van der Waals surface area contributed by atoms with Crippen LogP contribution in [0, 0.1) is 0 Å². The summed E-state index contributed by atoms with van der Waals surface area (Å²) in [6, 6.07) is 0.484. The lowest BCUT2D eigenvalue weighted by molar-refractivity contribution is 0.445. The maximum atomic E-state index is 4.47. The van der Waals surface area contributed by atoms with Crippen molar-refractivity contribution in [2.75, 3.05) is 6.54 Å². The van der Waals surface area contributed by atoms with Gasteiger partial charge in [0.05, 0.1) is 6.04 Å². The molecule has 6 nitrogen and oxygen atoms in total. The zero-order valence-electron chi connectivity index (χ0n) is 12.7. The number of aromatic nitrogens is 5. The van der Waals surface area contributed by atoms with Crippen LogP contribution >= 0.6 is 0 Å². The molecule has 20 heavy (non-hydrogen) atoms. The van der Waals surface area contributed by atoms with Gasteiger partial charge in [-0.15, -0.1) is 0 Å². The molecule has 0 aliphatic carbocycles. The summed E-state index contributed by atoms with van der Waals surface area (Å²) in [4.78, 5) is 8.87. The van der Waals surface area contributed by atoms with Crippen molar-refractivity contribution < 1.29 is 0 Å². The normalized spacial score (nSPS) is 13.1. The summed E-state index contributed by atoms with van der Waals surface area (Å²) in [7, 11) is 2.02. The van der Waals surface area contributed by atoms with Gasteiger partial charge in [-0.2, -0.15) is 5.10 Å². The van der Waals surface area contributed by atoms with Crippen LogP contribution in [-0.2, 0) is 13.5 Å². The van der Waals surface area contributed by atoms with Crippen molar-refractivity contribution in [2.24, 2.45) is 7.05 Å². The Bertz CT molecular complexity index is 527. The Kier molecular flexibility index (Phi) is 4.89. The Labute approximate surface area is 120 Å². The minimum atomic E-state index is 0.164. The number of nitrogens with zero attached hydrogens (tertiary/aromatic N) is 5. The van der Waals surface area contributed by atoms with Crippen molar-refractivity contribution in [1.82, 2.24) is 29.6 Å². The third kappa shape index (κ3) is 3.25. The third-order valence-corrected chi connectivity index (χ3v) is 3.33. The van der Waals surface area contributed by atoms with Crippen molar-refractivity contribution >= 4 is 0 Å². The number of hydrogen-bond donors (Lipinski definition) is 1. The lowest BCUT2D eigenvalue weighted by Crippen LogP contribution is -2.28. The molecule has 0 spiro atoms.